The standard InChI is InChI=1S/C22H45BO3Si/c1-16(2)15-20-17(3)21(18(4)26-27(8,9)22(5,6)7)25-23(24-20)19-13-11-10-12-14-19/h16-21H,10-15H2,1-9H3/t17-,18+,20+,21+/m1/s1. The lowest BCUT2D eigenvalue weighted by molar-refractivity contribution is -0.0857. The molecule has 0 spiro atoms. The Labute approximate surface area is 170 Å². The molecule has 1 aliphatic heterocycles. The summed E-state index contributed by atoms with van der Waals surface area (Å²) in [5, 5.41) is 0.218. The summed E-state index contributed by atoms with van der Waals surface area (Å²) >= 11 is 0. The average molecular weight is 396 g/mol. The van der Waals surface area contributed by atoms with E-state index in [-0.39, 0.29) is 30.5 Å². The summed E-state index contributed by atoms with van der Waals surface area (Å²) in [7, 11) is -1.86. The Hall–Kier alpha value is 0.162. The largest absolute Gasteiger partial charge is 0.460 e. The summed E-state index contributed by atoms with van der Waals surface area (Å²) in [5.41, 5.74) is 0. The highest BCUT2D eigenvalue weighted by Gasteiger charge is 2.47. The lowest BCUT2D eigenvalue weighted by Crippen LogP contribution is -2.56. The first-order valence-electron chi connectivity index (χ1n) is 11.4. The lowest BCUT2D eigenvalue weighted by Gasteiger charge is -2.47. The Morgan fingerprint density at radius 3 is 2.15 bits per heavy atom. The van der Waals surface area contributed by atoms with Crippen LogP contribution in [0.25, 0.3) is 0 Å². The van der Waals surface area contributed by atoms with Crippen molar-refractivity contribution < 1.29 is 13.7 Å². The Bertz CT molecular complexity index is 457. The first-order chi connectivity index (χ1) is 12.4. The summed E-state index contributed by atoms with van der Waals surface area (Å²) in [4.78, 5) is 0. The maximum absolute atomic E-state index is 6.76. The molecule has 2 rings (SSSR count). The van der Waals surface area contributed by atoms with Crippen molar-refractivity contribution in [3.05, 3.63) is 0 Å². The summed E-state index contributed by atoms with van der Waals surface area (Å²) in [6.45, 7) is 20.8. The van der Waals surface area contributed by atoms with E-state index in [1.54, 1.807) is 0 Å². The molecule has 0 bridgehead atoms. The summed E-state index contributed by atoms with van der Waals surface area (Å²) in [6, 6.07) is 0. The minimum absolute atomic E-state index is 0.0410. The van der Waals surface area contributed by atoms with Gasteiger partial charge in [-0.05, 0) is 43.2 Å². The van der Waals surface area contributed by atoms with E-state index in [4.69, 9.17) is 13.7 Å². The number of hydrogen-bond donors (Lipinski definition) is 0. The van der Waals surface area contributed by atoms with Crippen LogP contribution in [0.4, 0.5) is 0 Å². The molecule has 1 saturated carbocycles. The third-order valence-electron chi connectivity index (χ3n) is 7.19. The van der Waals surface area contributed by atoms with E-state index in [1.165, 1.54) is 32.1 Å². The van der Waals surface area contributed by atoms with Crippen molar-refractivity contribution in [3.8, 4) is 0 Å². The molecule has 4 atom stereocenters. The Balaban J connectivity index is 2.15. The van der Waals surface area contributed by atoms with Crippen LogP contribution < -0.4 is 0 Å². The highest BCUT2D eigenvalue weighted by Crippen LogP contribution is 2.41. The van der Waals surface area contributed by atoms with Crippen LogP contribution in [0, 0.1) is 11.8 Å². The van der Waals surface area contributed by atoms with Gasteiger partial charge in [0.15, 0.2) is 8.32 Å². The SMILES string of the molecule is CC(C)C[C@@H]1OB(C2CCCCC2)O[C@H]([C@H](C)O[Si](C)(C)C(C)(C)C)[C@@H]1C. The van der Waals surface area contributed by atoms with Crippen molar-refractivity contribution in [3.63, 3.8) is 0 Å². The number of rotatable bonds is 6. The first kappa shape index (κ1) is 23.4. The van der Waals surface area contributed by atoms with Gasteiger partial charge in [0.05, 0.1) is 12.2 Å². The second-order valence-electron chi connectivity index (χ2n) is 11.1. The van der Waals surface area contributed by atoms with Crippen molar-refractivity contribution in [2.75, 3.05) is 0 Å². The van der Waals surface area contributed by atoms with Crippen LogP contribution in [0.15, 0.2) is 0 Å². The van der Waals surface area contributed by atoms with E-state index >= 15 is 0 Å². The molecule has 27 heavy (non-hydrogen) atoms. The quantitative estimate of drug-likeness (QED) is 0.468. The molecule has 3 nitrogen and oxygen atoms in total. The third-order valence-corrected chi connectivity index (χ3v) is 11.8. The summed E-state index contributed by atoms with van der Waals surface area (Å²) in [5.74, 6) is 1.57. The molecule has 0 amide bonds. The van der Waals surface area contributed by atoms with Crippen molar-refractivity contribution in [1.29, 1.82) is 0 Å². The van der Waals surface area contributed by atoms with Crippen molar-refractivity contribution in [1.82, 2.24) is 0 Å². The smallest absolute Gasteiger partial charge is 0.412 e. The molecule has 1 saturated heterocycles. The summed E-state index contributed by atoms with van der Waals surface area (Å²) < 4.78 is 20.0. The summed E-state index contributed by atoms with van der Waals surface area (Å²) in [6.07, 6.45) is 8.13. The fourth-order valence-corrected chi connectivity index (χ4v) is 5.85. The van der Waals surface area contributed by atoms with Crippen LogP contribution in [0.2, 0.25) is 23.9 Å². The predicted molar refractivity (Wildman–Crippen MR) is 119 cm³/mol. The van der Waals surface area contributed by atoms with E-state index in [0.29, 0.717) is 17.7 Å². The lowest BCUT2D eigenvalue weighted by atomic mass is 9.62. The van der Waals surface area contributed by atoms with Gasteiger partial charge < -0.3 is 13.7 Å². The maximum Gasteiger partial charge on any atom is 0.460 e. The van der Waals surface area contributed by atoms with E-state index in [0.717, 1.165) is 6.42 Å². The maximum atomic E-state index is 6.76. The third kappa shape index (κ3) is 6.07. The fourth-order valence-electron chi connectivity index (χ4n) is 4.43. The second kappa shape index (κ2) is 9.32. The van der Waals surface area contributed by atoms with E-state index in [2.05, 4.69) is 61.6 Å². The van der Waals surface area contributed by atoms with Gasteiger partial charge in [-0.1, -0.05) is 73.6 Å². The predicted octanol–water partition coefficient (Wildman–Crippen LogP) is 6.69. The molecule has 1 heterocycles. The highest BCUT2D eigenvalue weighted by molar-refractivity contribution is 6.74. The van der Waals surface area contributed by atoms with E-state index in [9.17, 15) is 0 Å². The van der Waals surface area contributed by atoms with Gasteiger partial charge in [0.2, 0.25) is 0 Å². The van der Waals surface area contributed by atoms with Gasteiger partial charge in [-0.15, -0.1) is 0 Å². The minimum Gasteiger partial charge on any atom is -0.412 e. The zero-order valence-electron chi connectivity index (χ0n) is 19.5. The van der Waals surface area contributed by atoms with Gasteiger partial charge in [-0.3, -0.25) is 0 Å². The monoisotopic (exact) mass is 396 g/mol. The molecule has 5 heteroatoms. The van der Waals surface area contributed by atoms with Gasteiger partial charge in [-0.25, -0.2) is 0 Å². The van der Waals surface area contributed by atoms with Crippen molar-refractivity contribution in [2.24, 2.45) is 11.8 Å². The molecule has 0 unspecified atom stereocenters. The Kier molecular flexibility index (Phi) is 8.09. The number of hydrogen-bond acceptors (Lipinski definition) is 3. The molecule has 1 aliphatic carbocycles. The van der Waals surface area contributed by atoms with Crippen LogP contribution in [0.5, 0.6) is 0 Å². The molecule has 0 aromatic heterocycles. The Morgan fingerprint density at radius 1 is 1.04 bits per heavy atom. The molecule has 0 radical (unpaired) electrons. The van der Waals surface area contributed by atoms with E-state index < -0.39 is 8.32 Å². The highest BCUT2D eigenvalue weighted by atomic mass is 28.4. The first-order valence-corrected chi connectivity index (χ1v) is 14.3. The molecule has 0 aromatic carbocycles. The van der Waals surface area contributed by atoms with Gasteiger partial charge >= 0.3 is 7.12 Å². The van der Waals surface area contributed by atoms with Gasteiger partial charge in [0.25, 0.3) is 0 Å². The van der Waals surface area contributed by atoms with Gasteiger partial charge in [0.1, 0.15) is 0 Å². The van der Waals surface area contributed by atoms with Crippen molar-refractivity contribution >= 4 is 15.4 Å². The topological polar surface area (TPSA) is 27.7 Å². The van der Waals surface area contributed by atoms with E-state index in [1.807, 2.05) is 0 Å². The minimum atomic E-state index is -1.82. The zero-order valence-corrected chi connectivity index (χ0v) is 20.5. The zero-order chi connectivity index (χ0) is 20.4. The molecular weight excluding hydrogens is 351 g/mol. The average Bonchev–Trinajstić information content (AvgIpc) is 2.55. The molecule has 2 fully saturated rings. The van der Waals surface area contributed by atoms with Crippen LogP contribution >= 0.6 is 0 Å². The van der Waals surface area contributed by atoms with Crippen LogP contribution in [0.3, 0.4) is 0 Å². The normalized spacial score (nSPS) is 30.0. The molecule has 0 aromatic rings. The fraction of sp³-hybridized carbons (Fsp3) is 1.00. The van der Waals surface area contributed by atoms with Crippen LogP contribution in [-0.2, 0) is 13.7 Å². The Morgan fingerprint density at radius 2 is 1.63 bits per heavy atom. The molecule has 2 aliphatic rings. The van der Waals surface area contributed by atoms with Crippen LogP contribution in [-0.4, -0.2) is 33.7 Å². The van der Waals surface area contributed by atoms with Gasteiger partial charge in [0, 0.05) is 12.0 Å². The van der Waals surface area contributed by atoms with Gasteiger partial charge in [-0.2, -0.15) is 0 Å². The second-order valence-corrected chi connectivity index (χ2v) is 15.9. The molecular formula is C22H45BO3Si. The van der Waals surface area contributed by atoms with Crippen molar-refractivity contribution in [2.45, 2.75) is 129 Å². The molecule has 0 N–H and O–H groups in total. The van der Waals surface area contributed by atoms with Crippen LogP contribution in [0.1, 0.15) is 87.0 Å². The molecule has 158 valence electrons.